The number of para-hydroxylation sites is 1. The lowest BCUT2D eigenvalue weighted by Gasteiger charge is -2.12. The second kappa shape index (κ2) is 5.77. The van der Waals surface area contributed by atoms with Crippen LogP contribution in [0, 0.1) is 0 Å². The Bertz CT molecular complexity index is 585. The van der Waals surface area contributed by atoms with E-state index in [0.717, 1.165) is 0 Å². The Kier molecular flexibility index (Phi) is 4.09. The summed E-state index contributed by atoms with van der Waals surface area (Å²) >= 11 is 5.60. The number of halogens is 1. The van der Waals surface area contributed by atoms with E-state index in [4.69, 9.17) is 11.6 Å². The number of anilines is 1. The first-order chi connectivity index (χ1) is 9.08. The predicted molar refractivity (Wildman–Crippen MR) is 72.1 cm³/mol. The lowest BCUT2D eigenvalue weighted by molar-refractivity contribution is 0.102. The number of benzene rings is 1. The highest BCUT2D eigenvalue weighted by molar-refractivity contribution is 6.29. The van der Waals surface area contributed by atoms with Gasteiger partial charge in [-0.25, -0.2) is 9.97 Å². The van der Waals surface area contributed by atoms with E-state index < -0.39 is 12.0 Å². The minimum atomic E-state index is -0.673. The molecule has 1 heterocycles. The van der Waals surface area contributed by atoms with Crippen LogP contribution in [-0.4, -0.2) is 21.0 Å². The van der Waals surface area contributed by atoms with Crippen molar-refractivity contribution >= 4 is 23.2 Å². The van der Waals surface area contributed by atoms with Gasteiger partial charge in [0, 0.05) is 11.3 Å². The molecule has 0 aliphatic carbocycles. The van der Waals surface area contributed by atoms with Crippen LogP contribution < -0.4 is 5.32 Å². The van der Waals surface area contributed by atoms with Crippen molar-refractivity contribution in [3.63, 3.8) is 0 Å². The van der Waals surface area contributed by atoms with Crippen LogP contribution in [-0.2, 0) is 0 Å². The second-order valence-corrected chi connectivity index (χ2v) is 4.33. The predicted octanol–water partition coefficient (Wildman–Crippen LogP) is 2.44. The molecule has 0 radical (unpaired) electrons. The quantitative estimate of drug-likeness (QED) is 0.903. The summed E-state index contributed by atoms with van der Waals surface area (Å²) < 4.78 is 0. The van der Waals surface area contributed by atoms with E-state index in [-0.39, 0.29) is 10.8 Å². The fraction of sp³-hybridized carbons (Fsp3) is 0.154. The number of aliphatic hydroxyl groups is 1. The molecule has 1 aromatic carbocycles. The van der Waals surface area contributed by atoms with Crippen molar-refractivity contribution in [1.82, 2.24) is 9.97 Å². The van der Waals surface area contributed by atoms with Crippen LogP contribution in [0.25, 0.3) is 0 Å². The van der Waals surface area contributed by atoms with Gasteiger partial charge in [0.15, 0.2) is 0 Å². The van der Waals surface area contributed by atoms with Gasteiger partial charge in [0.05, 0.1) is 18.5 Å². The molecule has 2 N–H and O–H groups in total. The molecule has 5 nitrogen and oxygen atoms in total. The lowest BCUT2D eigenvalue weighted by atomic mass is 10.1. The number of aromatic nitrogens is 2. The summed E-state index contributed by atoms with van der Waals surface area (Å²) in [6, 6.07) is 7.02. The molecule has 19 heavy (non-hydrogen) atoms. The van der Waals surface area contributed by atoms with Crippen LogP contribution in [0.5, 0.6) is 0 Å². The average molecular weight is 278 g/mol. The fourth-order valence-corrected chi connectivity index (χ4v) is 1.69. The van der Waals surface area contributed by atoms with Crippen LogP contribution in [0.4, 0.5) is 5.69 Å². The van der Waals surface area contributed by atoms with Gasteiger partial charge >= 0.3 is 0 Å². The minimum Gasteiger partial charge on any atom is -0.389 e. The molecule has 0 aliphatic heterocycles. The second-order valence-electron chi connectivity index (χ2n) is 3.94. The third-order valence-electron chi connectivity index (χ3n) is 2.51. The largest absolute Gasteiger partial charge is 0.389 e. The molecule has 0 spiro atoms. The number of nitrogens with zero attached hydrogens (tertiary/aromatic N) is 2. The number of hydrogen-bond acceptors (Lipinski definition) is 4. The molecule has 2 aromatic rings. The summed E-state index contributed by atoms with van der Waals surface area (Å²) in [5.74, 6) is -0.405. The van der Waals surface area contributed by atoms with Crippen molar-refractivity contribution in [2.75, 3.05) is 5.32 Å². The summed E-state index contributed by atoms with van der Waals surface area (Å²) in [4.78, 5) is 19.6. The Balaban J connectivity index is 2.22. The Morgan fingerprint density at radius 3 is 2.68 bits per heavy atom. The third kappa shape index (κ3) is 3.27. The van der Waals surface area contributed by atoms with Gasteiger partial charge in [-0.15, -0.1) is 0 Å². The van der Waals surface area contributed by atoms with Crippen LogP contribution in [0.2, 0.25) is 5.15 Å². The molecule has 1 unspecified atom stereocenters. The molecule has 0 aliphatic rings. The van der Waals surface area contributed by atoms with Gasteiger partial charge in [-0.3, -0.25) is 4.79 Å². The maximum atomic E-state index is 12.0. The van der Waals surface area contributed by atoms with Crippen LogP contribution in [0.15, 0.2) is 36.7 Å². The van der Waals surface area contributed by atoms with Crippen LogP contribution >= 0.6 is 11.6 Å². The van der Waals surface area contributed by atoms with Gasteiger partial charge in [0.25, 0.3) is 5.91 Å². The van der Waals surface area contributed by atoms with E-state index in [0.29, 0.717) is 11.3 Å². The first kappa shape index (κ1) is 13.5. The molecule has 0 fully saturated rings. The Hall–Kier alpha value is -1.98. The summed E-state index contributed by atoms with van der Waals surface area (Å²) in [6.07, 6.45) is 1.92. The lowest BCUT2D eigenvalue weighted by Crippen LogP contribution is -2.15. The number of hydrogen-bond donors (Lipinski definition) is 2. The number of carbonyl (C=O) groups is 1. The number of amides is 1. The summed E-state index contributed by atoms with van der Waals surface area (Å²) in [5, 5.41) is 12.5. The molecule has 2 rings (SSSR count). The normalized spacial score (nSPS) is 11.9. The van der Waals surface area contributed by atoms with Gasteiger partial charge in [0.2, 0.25) is 0 Å². The van der Waals surface area contributed by atoms with Gasteiger partial charge in [-0.1, -0.05) is 29.8 Å². The van der Waals surface area contributed by atoms with E-state index in [1.807, 2.05) is 0 Å². The highest BCUT2D eigenvalue weighted by Crippen LogP contribution is 2.22. The number of rotatable bonds is 3. The molecule has 1 amide bonds. The Morgan fingerprint density at radius 2 is 2.05 bits per heavy atom. The van der Waals surface area contributed by atoms with Gasteiger partial charge in [-0.05, 0) is 13.0 Å². The van der Waals surface area contributed by atoms with Crippen LogP contribution in [0.3, 0.4) is 0 Å². The van der Waals surface area contributed by atoms with E-state index in [2.05, 4.69) is 15.3 Å². The van der Waals surface area contributed by atoms with Gasteiger partial charge in [0.1, 0.15) is 10.8 Å². The zero-order valence-electron chi connectivity index (χ0n) is 10.2. The van der Waals surface area contributed by atoms with Crippen molar-refractivity contribution in [2.45, 2.75) is 13.0 Å². The van der Waals surface area contributed by atoms with E-state index >= 15 is 0 Å². The molecule has 98 valence electrons. The number of aliphatic hydroxyl groups excluding tert-OH is 1. The van der Waals surface area contributed by atoms with Gasteiger partial charge in [-0.2, -0.15) is 0 Å². The van der Waals surface area contributed by atoms with Crippen molar-refractivity contribution in [1.29, 1.82) is 0 Å². The molecule has 0 saturated carbocycles. The average Bonchev–Trinajstić information content (AvgIpc) is 2.39. The topological polar surface area (TPSA) is 75.1 Å². The molecule has 0 saturated heterocycles. The third-order valence-corrected chi connectivity index (χ3v) is 2.71. The van der Waals surface area contributed by atoms with E-state index in [1.54, 1.807) is 31.2 Å². The van der Waals surface area contributed by atoms with Crippen LogP contribution in [0.1, 0.15) is 29.1 Å². The van der Waals surface area contributed by atoms with E-state index in [1.165, 1.54) is 12.4 Å². The first-order valence-electron chi connectivity index (χ1n) is 5.64. The maximum absolute atomic E-state index is 12.0. The summed E-state index contributed by atoms with van der Waals surface area (Å²) in [5.41, 5.74) is 1.34. The maximum Gasteiger partial charge on any atom is 0.275 e. The highest BCUT2D eigenvalue weighted by Gasteiger charge is 2.12. The smallest absolute Gasteiger partial charge is 0.275 e. The minimum absolute atomic E-state index is 0.157. The fourth-order valence-electron chi connectivity index (χ4n) is 1.59. The van der Waals surface area contributed by atoms with Crippen molar-refractivity contribution < 1.29 is 9.90 Å². The first-order valence-corrected chi connectivity index (χ1v) is 6.01. The van der Waals surface area contributed by atoms with Crippen molar-refractivity contribution in [3.05, 3.63) is 53.1 Å². The zero-order valence-corrected chi connectivity index (χ0v) is 10.9. The zero-order chi connectivity index (χ0) is 13.8. The highest BCUT2D eigenvalue weighted by atomic mass is 35.5. The van der Waals surface area contributed by atoms with Gasteiger partial charge < -0.3 is 10.4 Å². The number of nitrogens with one attached hydrogen (secondary N) is 1. The summed E-state index contributed by atoms with van der Waals surface area (Å²) in [7, 11) is 0. The van der Waals surface area contributed by atoms with E-state index in [9.17, 15) is 9.90 Å². The standard InChI is InChI=1S/C13H12ClN3O2/c1-8(18)9-4-2-3-5-10(9)17-13(19)11-6-16-12(14)7-15-11/h2-8,18H,1H3,(H,17,19). The van der Waals surface area contributed by atoms with Crippen molar-refractivity contribution in [2.24, 2.45) is 0 Å². The molecule has 1 atom stereocenters. The Labute approximate surface area is 115 Å². The summed E-state index contributed by atoms with van der Waals surface area (Å²) in [6.45, 7) is 1.63. The molecule has 0 bridgehead atoms. The molecular formula is C13H12ClN3O2. The Morgan fingerprint density at radius 1 is 1.32 bits per heavy atom. The molecule has 6 heteroatoms. The van der Waals surface area contributed by atoms with Crippen molar-refractivity contribution in [3.8, 4) is 0 Å². The monoisotopic (exact) mass is 277 g/mol. The molecule has 1 aromatic heterocycles. The SMILES string of the molecule is CC(O)c1ccccc1NC(=O)c1cnc(Cl)cn1. The number of carbonyl (C=O) groups excluding carboxylic acids is 1. The molecular weight excluding hydrogens is 266 g/mol.